The van der Waals surface area contributed by atoms with Gasteiger partial charge in [0.1, 0.15) is 34.0 Å². The van der Waals surface area contributed by atoms with Gasteiger partial charge in [-0.05, 0) is 28.8 Å². The van der Waals surface area contributed by atoms with Gasteiger partial charge in [-0.25, -0.2) is 23.3 Å². The summed E-state index contributed by atoms with van der Waals surface area (Å²) in [6, 6.07) is 1.65. The summed E-state index contributed by atoms with van der Waals surface area (Å²) in [5, 5.41) is 4.58. The van der Waals surface area contributed by atoms with Crippen LogP contribution < -0.4 is 4.74 Å². The predicted molar refractivity (Wildman–Crippen MR) is 85.2 cm³/mol. The number of aromatic nitrogens is 5. The quantitative estimate of drug-likeness (QED) is 0.661. The molecule has 3 aromatic rings. The fourth-order valence-corrected chi connectivity index (χ4v) is 2.77. The van der Waals surface area contributed by atoms with Crippen LogP contribution in [0, 0.1) is 0 Å². The van der Waals surface area contributed by atoms with Gasteiger partial charge in [-0.2, -0.15) is 5.10 Å². The third-order valence-corrected chi connectivity index (χ3v) is 4.06. The fourth-order valence-electron chi connectivity index (χ4n) is 2.46. The summed E-state index contributed by atoms with van der Waals surface area (Å²) in [6.07, 6.45) is 4.27. The number of nitrogens with zero attached hydrogens (tertiary/aromatic N) is 5. The molecule has 0 aliphatic heterocycles. The molecule has 0 amide bonds. The maximum absolute atomic E-state index is 12.5. The van der Waals surface area contributed by atoms with Crippen LogP contribution in [0.3, 0.4) is 0 Å². The highest BCUT2D eigenvalue weighted by Crippen LogP contribution is 2.43. The molecule has 1 fully saturated rings. The van der Waals surface area contributed by atoms with Gasteiger partial charge >= 0.3 is 0 Å². The highest BCUT2D eigenvalue weighted by Gasteiger charge is 2.30. The minimum Gasteiger partial charge on any atom is -0.485 e. The molecule has 0 N–H and O–H groups in total. The van der Waals surface area contributed by atoms with E-state index < -0.39 is 13.0 Å². The standard InChI is InChI=1S/C15H12BrF2N5O/c16-12-6-19-4-9(21-12)10-5-20-14-3-11(24-7-13(17)18)15(8-1-2-8)22-23(10)14/h3-6,8,13H,1-2,7H2. The molecule has 0 saturated heterocycles. The summed E-state index contributed by atoms with van der Waals surface area (Å²) >= 11 is 3.29. The third kappa shape index (κ3) is 2.95. The van der Waals surface area contributed by atoms with Crippen LogP contribution in [0.25, 0.3) is 17.0 Å². The van der Waals surface area contributed by atoms with Crippen molar-refractivity contribution >= 4 is 21.6 Å². The Morgan fingerprint density at radius 2 is 2.12 bits per heavy atom. The zero-order chi connectivity index (χ0) is 16.7. The lowest BCUT2D eigenvalue weighted by Gasteiger charge is -2.11. The molecular weight excluding hydrogens is 384 g/mol. The van der Waals surface area contributed by atoms with E-state index in [1.807, 2.05) is 0 Å². The van der Waals surface area contributed by atoms with Gasteiger partial charge in [-0.1, -0.05) is 0 Å². The van der Waals surface area contributed by atoms with E-state index in [2.05, 4.69) is 36.0 Å². The monoisotopic (exact) mass is 395 g/mol. The maximum atomic E-state index is 12.5. The van der Waals surface area contributed by atoms with Crippen LogP contribution in [0.4, 0.5) is 8.78 Å². The Bertz CT molecular complexity index is 897. The Labute approximate surface area is 144 Å². The van der Waals surface area contributed by atoms with Crippen LogP contribution in [-0.4, -0.2) is 37.6 Å². The summed E-state index contributed by atoms with van der Waals surface area (Å²) in [5.74, 6) is 0.619. The number of hydrogen-bond acceptors (Lipinski definition) is 5. The average molecular weight is 396 g/mol. The minimum atomic E-state index is -2.53. The largest absolute Gasteiger partial charge is 0.485 e. The second-order valence-electron chi connectivity index (χ2n) is 5.51. The molecule has 1 aliphatic rings. The Balaban J connectivity index is 1.80. The van der Waals surface area contributed by atoms with Crippen molar-refractivity contribution in [1.29, 1.82) is 0 Å². The van der Waals surface area contributed by atoms with Crippen LogP contribution in [0.5, 0.6) is 5.75 Å². The average Bonchev–Trinajstić information content (AvgIpc) is 3.32. The zero-order valence-corrected chi connectivity index (χ0v) is 13.9. The molecule has 6 nitrogen and oxygen atoms in total. The van der Waals surface area contributed by atoms with Crippen molar-refractivity contribution in [2.24, 2.45) is 0 Å². The number of imidazole rings is 1. The Morgan fingerprint density at radius 3 is 2.83 bits per heavy atom. The molecule has 0 atom stereocenters. The second kappa shape index (κ2) is 6.04. The van der Waals surface area contributed by atoms with Crippen molar-refractivity contribution in [2.45, 2.75) is 25.2 Å². The number of alkyl halides is 2. The van der Waals surface area contributed by atoms with Gasteiger partial charge in [0.2, 0.25) is 0 Å². The van der Waals surface area contributed by atoms with E-state index in [0.717, 1.165) is 12.8 Å². The normalized spacial score (nSPS) is 14.5. The van der Waals surface area contributed by atoms with Crippen molar-refractivity contribution < 1.29 is 13.5 Å². The molecule has 0 bridgehead atoms. The fraction of sp³-hybridized carbons (Fsp3) is 0.333. The van der Waals surface area contributed by atoms with Gasteiger partial charge in [0.05, 0.1) is 18.6 Å². The Hall–Kier alpha value is -2.16. The lowest BCUT2D eigenvalue weighted by atomic mass is 10.2. The van der Waals surface area contributed by atoms with Gasteiger partial charge in [0, 0.05) is 12.0 Å². The number of hydrogen-bond donors (Lipinski definition) is 0. The summed E-state index contributed by atoms with van der Waals surface area (Å²) in [6.45, 7) is -0.651. The van der Waals surface area contributed by atoms with Gasteiger partial charge in [-0.15, -0.1) is 0 Å². The van der Waals surface area contributed by atoms with Crippen LogP contribution in [0.15, 0.2) is 29.3 Å². The molecule has 0 spiro atoms. The van der Waals surface area contributed by atoms with Gasteiger partial charge in [0.15, 0.2) is 5.65 Å². The summed E-state index contributed by atoms with van der Waals surface area (Å²) < 4.78 is 32.4. The summed E-state index contributed by atoms with van der Waals surface area (Å²) in [4.78, 5) is 12.7. The molecular formula is C15H12BrF2N5O. The lowest BCUT2D eigenvalue weighted by molar-refractivity contribution is 0.0811. The molecule has 0 radical (unpaired) electrons. The molecule has 9 heteroatoms. The van der Waals surface area contributed by atoms with Crippen LogP contribution in [-0.2, 0) is 0 Å². The minimum absolute atomic E-state index is 0.242. The topological polar surface area (TPSA) is 65.2 Å². The molecule has 0 aromatic carbocycles. The smallest absolute Gasteiger partial charge is 0.272 e. The number of halogens is 3. The third-order valence-electron chi connectivity index (χ3n) is 3.68. The van der Waals surface area contributed by atoms with E-state index >= 15 is 0 Å². The highest BCUT2D eigenvalue weighted by atomic mass is 79.9. The van der Waals surface area contributed by atoms with Crippen molar-refractivity contribution in [2.75, 3.05) is 6.61 Å². The van der Waals surface area contributed by atoms with Gasteiger partial charge < -0.3 is 4.74 Å². The SMILES string of the molecule is FC(F)COc1cc2ncc(-c3cncc(Br)n3)n2nc1C1CC1. The van der Waals surface area contributed by atoms with Crippen molar-refractivity contribution in [3.63, 3.8) is 0 Å². The van der Waals surface area contributed by atoms with Crippen LogP contribution in [0.1, 0.15) is 24.5 Å². The molecule has 0 unspecified atom stereocenters. The number of fused-ring (bicyclic) bond motifs is 1. The number of ether oxygens (including phenoxy) is 1. The zero-order valence-electron chi connectivity index (χ0n) is 12.4. The predicted octanol–water partition coefficient (Wildman–Crippen LogP) is 3.47. The first-order valence-electron chi connectivity index (χ1n) is 7.39. The number of rotatable bonds is 5. The first-order chi connectivity index (χ1) is 11.6. The highest BCUT2D eigenvalue weighted by molar-refractivity contribution is 9.10. The van der Waals surface area contributed by atoms with E-state index in [9.17, 15) is 8.78 Å². The maximum Gasteiger partial charge on any atom is 0.272 e. The van der Waals surface area contributed by atoms with E-state index in [4.69, 9.17) is 4.74 Å². The molecule has 3 aromatic heterocycles. The molecule has 1 aliphatic carbocycles. The van der Waals surface area contributed by atoms with E-state index in [0.29, 0.717) is 33.1 Å². The summed E-state index contributed by atoms with van der Waals surface area (Å²) in [5.41, 5.74) is 2.50. The van der Waals surface area contributed by atoms with Crippen molar-refractivity contribution in [3.8, 4) is 17.1 Å². The van der Waals surface area contributed by atoms with E-state index in [1.54, 1.807) is 29.2 Å². The Kier molecular flexibility index (Phi) is 3.87. The Morgan fingerprint density at radius 1 is 1.29 bits per heavy atom. The molecule has 24 heavy (non-hydrogen) atoms. The first kappa shape index (κ1) is 15.4. The molecule has 3 heterocycles. The van der Waals surface area contributed by atoms with Crippen LogP contribution in [0.2, 0.25) is 0 Å². The van der Waals surface area contributed by atoms with Crippen molar-refractivity contribution in [1.82, 2.24) is 24.6 Å². The molecule has 4 rings (SSSR count). The van der Waals surface area contributed by atoms with Crippen molar-refractivity contribution in [3.05, 3.63) is 35.0 Å². The first-order valence-corrected chi connectivity index (χ1v) is 8.18. The second-order valence-corrected chi connectivity index (χ2v) is 6.32. The van der Waals surface area contributed by atoms with E-state index in [-0.39, 0.29) is 5.92 Å². The van der Waals surface area contributed by atoms with Crippen LogP contribution >= 0.6 is 15.9 Å². The van der Waals surface area contributed by atoms with Gasteiger partial charge in [-0.3, -0.25) is 4.98 Å². The summed E-state index contributed by atoms with van der Waals surface area (Å²) in [7, 11) is 0. The molecule has 1 saturated carbocycles. The molecule has 124 valence electrons. The van der Waals surface area contributed by atoms with Gasteiger partial charge in [0.25, 0.3) is 6.43 Å². The lowest BCUT2D eigenvalue weighted by Crippen LogP contribution is -2.10. The van der Waals surface area contributed by atoms with E-state index in [1.165, 1.54) is 0 Å².